The number of rotatable bonds is 2. The van der Waals surface area contributed by atoms with Gasteiger partial charge in [-0.05, 0) is 37.6 Å². The maximum atomic E-state index is 14.2. The van der Waals surface area contributed by atoms with E-state index in [2.05, 4.69) is 5.32 Å². The van der Waals surface area contributed by atoms with Crippen LogP contribution in [-0.4, -0.2) is 18.8 Å². The normalized spacial score (nSPS) is 19.7. The molecule has 0 atom stereocenters. The molecule has 1 fully saturated rings. The summed E-state index contributed by atoms with van der Waals surface area (Å²) < 4.78 is 40.6. The smallest absolute Gasteiger partial charge is 0.162 e. The Labute approximate surface area is 92.7 Å². The molecule has 1 aliphatic heterocycles. The van der Waals surface area contributed by atoms with Crippen LogP contribution in [0.25, 0.3) is 0 Å². The summed E-state index contributed by atoms with van der Waals surface area (Å²) in [4.78, 5) is 0. The highest BCUT2D eigenvalue weighted by Crippen LogP contribution is 2.29. The second kappa shape index (κ2) is 4.45. The fourth-order valence-corrected chi connectivity index (χ4v) is 2.08. The molecule has 0 bridgehead atoms. The summed E-state index contributed by atoms with van der Waals surface area (Å²) in [6.45, 7) is 1.18. The molecule has 0 radical (unpaired) electrons. The van der Waals surface area contributed by atoms with Crippen molar-refractivity contribution in [2.45, 2.75) is 24.9 Å². The van der Waals surface area contributed by atoms with E-state index in [-0.39, 0.29) is 12.0 Å². The van der Waals surface area contributed by atoms with Crippen LogP contribution in [0, 0.1) is 11.6 Å². The Balaban J connectivity index is 2.16. The molecular weight excluding hydrogens is 215 g/mol. The number of hydrogen-bond acceptors (Lipinski definition) is 1. The third-order valence-corrected chi connectivity index (χ3v) is 3.04. The molecule has 4 heteroatoms. The van der Waals surface area contributed by atoms with Gasteiger partial charge in [-0.3, -0.25) is 0 Å². The first-order valence-corrected chi connectivity index (χ1v) is 5.43. The van der Waals surface area contributed by atoms with Crippen molar-refractivity contribution in [3.8, 4) is 0 Å². The molecule has 0 aliphatic carbocycles. The number of alkyl halides is 1. The summed E-state index contributed by atoms with van der Waals surface area (Å²) in [5, 5.41) is 3.04. The van der Waals surface area contributed by atoms with Gasteiger partial charge in [0.2, 0.25) is 0 Å². The molecule has 0 amide bonds. The van der Waals surface area contributed by atoms with Gasteiger partial charge < -0.3 is 5.32 Å². The van der Waals surface area contributed by atoms with Crippen LogP contribution < -0.4 is 5.32 Å². The average Bonchev–Trinajstić information content (AvgIpc) is 2.26. The van der Waals surface area contributed by atoms with E-state index in [1.54, 1.807) is 0 Å². The Hall–Kier alpha value is -1.03. The summed E-state index contributed by atoms with van der Waals surface area (Å²) in [6, 6.07) is 3.91. The zero-order valence-electron chi connectivity index (χ0n) is 8.90. The second-order valence-electron chi connectivity index (χ2n) is 4.29. The molecule has 88 valence electrons. The lowest BCUT2D eigenvalue weighted by molar-refractivity contribution is 0.115. The zero-order valence-corrected chi connectivity index (χ0v) is 8.90. The van der Waals surface area contributed by atoms with Crippen molar-refractivity contribution in [1.29, 1.82) is 0 Å². The minimum absolute atomic E-state index is 0.0434. The average molecular weight is 229 g/mol. The van der Waals surface area contributed by atoms with Crippen molar-refractivity contribution in [1.82, 2.24) is 5.32 Å². The van der Waals surface area contributed by atoms with Gasteiger partial charge in [0, 0.05) is 6.42 Å². The fraction of sp³-hybridized carbons (Fsp3) is 0.500. The van der Waals surface area contributed by atoms with E-state index in [0.29, 0.717) is 25.9 Å². The van der Waals surface area contributed by atoms with E-state index in [9.17, 15) is 13.2 Å². The highest BCUT2D eigenvalue weighted by Gasteiger charge is 2.32. The quantitative estimate of drug-likeness (QED) is 0.822. The van der Waals surface area contributed by atoms with Crippen LogP contribution in [0.5, 0.6) is 0 Å². The maximum absolute atomic E-state index is 14.2. The van der Waals surface area contributed by atoms with Crippen LogP contribution in [0.2, 0.25) is 0 Å². The van der Waals surface area contributed by atoms with Crippen LogP contribution in [0.3, 0.4) is 0 Å². The lowest BCUT2D eigenvalue weighted by Gasteiger charge is -2.30. The SMILES string of the molecule is Fc1cccc(CC2(F)CCNCC2)c1F. The molecule has 1 N–H and O–H groups in total. The summed E-state index contributed by atoms with van der Waals surface area (Å²) in [5.41, 5.74) is -1.27. The maximum Gasteiger partial charge on any atom is 0.162 e. The van der Waals surface area contributed by atoms with Crippen LogP contribution >= 0.6 is 0 Å². The Morgan fingerprint density at radius 1 is 1.19 bits per heavy atom. The summed E-state index contributed by atoms with van der Waals surface area (Å²) in [7, 11) is 0. The van der Waals surface area contributed by atoms with Crippen LogP contribution in [0.15, 0.2) is 18.2 Å². The van der Waals surface area contributed by atoms with Crippen molar-refractivity contribution < 1.29 is 13.2 Å². The number of benzene rings is 1. The first-order valence-electron chi connectivity index (χ1n) is 5.43. The van der Waals surface area contributed by atoms with Gasteiger partial charge in [0.05, 0.1) is 0 Å². The molecule has 1 aromatic carbocycles. The molecule has 1 saturated heterocycles. The Bertz CT molecular complexity index is 373. The molecule has 0 spiro atoms. The van der Waals surface area contributed by atoms with E-state index in [1.807, 2.05) is 0 Å². The molecule has 1 heterocycles. The third kappa shape index (κ3) is 2.38. The lowest BCUT2D eigenvalue weighted by atomic mass is 9.87. The topological polar surface area (TPSA) is 12.0 Å². The molecule has 2 rings (SSSR count). The Kier molecular flexibility index (Phi) is 3.19. The molecule has 0 saturated carbocycles. The first-order chi connectivity index (χ1) is 7.61. The van der Waals surface area contributed by atoms with Gasteiger partial charge in [0.25, 0.3) is 0 Å². The molecule has 1 aromatic rings. The standard InChI is InChI=1S/C12H14F3N/c13-10-3-1-2-9(11(10)14)8-12(15)4-6-16-7-5-12/h1-3,16H,4-8H2. The molecule has 1 aliphatic rings. The van der Waals surface area contributed by atoms with E-state index in [1.165, 1.54) is 12.1 Å². The monoisotopic (exact) mass is 229 g/mol. The number of piperidine rings is 1. The largest absolute Gasteiger partial charge is 0.316 e. The van der Waals surface area contributed by atoms with Crippen LogP contribution in [0.1, 0.15) is 18.4 Å². The second-order valence-corrected chi connectivity index (χ2v) is 4.29. The van der Waals surface area contributed by atoms with Crippen LogP contribution in [-0.2, 0) is 6.42 Å². The zero-order chi connectivity index (χ0) is 11.6. The van der Waals surface area contributed by atoms with Gasteiger partial charge in [0.1, 0.15) is 5.67 Å². The number of nitrogens with one attached hydrogen (secondary N) is 1. The Morgan fingerprint density at radius 3 is 2.56 bits per heavy atom. The minimum atomic E-state index is -1.40. The third-order valence-electron chi connectivity index (χ3n) is 3.04. The fourth-order valence-electron chi connectivity index (χ4n) is 2.08. The van der Waals surface area contributed by atoms with E-state index >= 15 is 0 Å². The molecule has 16 heavy (non-hydrogen) atoms. The Morgan fingerprint density at radius 2 is 1.88 bits per heavy atom. The number of halogens is 3. The van der Waals surface area contributed by atoms with Crippen molar-refractivity contribution >= 4 is 0 Å². The first kappa shape index (κ1) is 11.5. The van der Waals surface area contributed by atoms with Gasteiger partial charge in [-0.2, -0.15) is 0 Å². The van der Waals surface area contributed by atoms with Crippen molar-refractivity contribution in [2.75, 3.05) is 13.1 Å². The summed E-state index contributed by atoms with van der Waals surface area (Å²) in [6.07, 6.45) is 0.657. The van der Waals surface area contributed by atoms with E-state index in [0.717, 1.165) is 6.07 Å². The summed E-state index contributed by atoms with van der Waals surface area (Å²) in [5.74, 6) is -1.83. The number of hydrogen-bond donors (Lipinski definition) is 1. The van der Waals surface area contributed by atoms with Gasteiger partial charge >= 0.3 is 0 Å². The van der Waals surface area contributed by atoms with Crippen molar-refractivity contribution in [2.24, 2.45) is 0 Å². The van der Waals surface area contributed by atoms with Gasteiger partial charge in [0.15, 0.2) is 11.6 Å². The summed E-state index contributed by atoms with van der Waals surface area (Å²) >= 11 is 0. The van der Waals surface area contributed by atoms with E-state index < -0.39 is 17.3 Å². The van der Waals surface area contributed by atoms with Gasteiger partial charge in [-0.15, -0.1) is 0 Å². The van der Waals surface area contributed by atoms with Gasteiger partial charge in [-0.1, -0.05) is 12.1 Å². The van der Waals surface area contributed by atoms with Crippen LogP contribution in [0.4, 0.5) is 13.2 Å². The lowest BCUT2D eigenvalue weighted by Crippen LogP contribution is -2.40. The van der Waals surface area contributed by atoms with E-state index in [4.69, 9.17) is 0 Å². The molecule has 0 aromatic heterocycles. The molecular formula is C12H14F3N. The highest BCUT2D eigenvalue weighted by atomic mass is 19.2. The minimum Gasteiger partial charge on any atom is -0.316 e. The highest BCUT2D eigenvalue weighted by molar-refractivity contribution is 5.21. The van der Waals surface area contributed by atoms with Crippen molar-refractivity contribution in [3.63, 3.8) is 0 Å². The predicted octanol–water partition coefficient (Wildman–Crippen LogP) is 2.60. The molecule has 0 unspecified atom stereocenters. The predicted molar refractivity (Wildman–Crippen MR) is 56.0 cm³/mol. The van der Waals surface area contributed by atoms with Gasteiger partial charge in [-0.25, -0.2) is 13.2 Å². The van der Waals surface area contributed by atoms with Crippen molar-refractivity contribution in [3.05, 3.63) is 35.4 Å². The molecule has 1 nitrogen and oxygen atoms in total.